The molecule has 2 fully saturated rings. The van der Waals surface area contributed by atoms with Crippen molar-refractivity contribution in [3.05, 3.63) is 0 Å². The number of carboxylic acid groups (broad SMARTS) is 1. The average Bonchev–Trinajstić information content (AvgIpc) is 2.68. The minimum Gasteiger partial charge on any atom is -0.480 e. The van der Waals surface area contributed by atoms with Crippen molar-refractivity contribution in [3.63, 3.8) is 0 Å². The van der Waals surface area contributed by atoms with E-state index in [1.54, 1.807) is 0 Å². The van der Waals surface area contributed by atoms with Crippen LogP contribution in [0.1, 0.15) is 12.8 Å². The summed E-state index contributed by atoms with van der Waals surface area (Å²) in [6.45, 7) is 4.21. The van der Waals surface area contributed by atoms with Crippen LogP contribution in [-0.2, 0) is 14.4 Å². The molecule has 19 heavy (non-hydrogen) atoms. The Morgan fingerprint density at radius 3 is 2.00 bits per heavy atom. The van der Waals surface area contributed by atoms with Gasteiger partial charge >= 0.3 is 5.97 Å². The third-order valence-corrected chi connectivity index (χ3v) is 3.62. The molecule has 2 heterocycles. The van der Waals surface area contributed by atoms with Gasteiger partial charge < -0.3 is 5.11 Å². The number of imide groups is 1. The standard InChI is InChI=1S/C12H19N3O4/c16-10-1-2-11(17)15(10)8-7-13-3-5-14(6-4-13)9-12(18)19/h1-9H2,(H,18,19). The second-order valence-electron chi connectivity index (χ2n) is 4.95. The van der Waals surface area contributed by atoms with Gasteiger partial charge in [0.1, 0.15) is 0 Å². The lowest BCUT2D eigenvalue weighted by molar-refractivity contribution is -0.140. The molecule has 0 spiro atoms. The highest BCUT2D eigenvalue weighted by atomic mass is 16.4. The van der Waals surface area contributed by atoms with E-state index < -0.39 is 5.97 Å². The van der Waals surface area contributed by atoms with E-state index in [-0.39, 0.29) is 18.4 Å². The van der Waals surface area contributed by atoms with E-state index in [2.05, 4.69) is 4.90 Å². The first-order chi connectivity index (χ1) is 9.06. The molecule has 0 aliphatic carbocycles. The molecule has 0 unspecified atom stereocenters. The Morgan fingerprint density at radius 1 is 0.947 bits per heavy atom. The van der Waals surface area contributed by atoms with Crippen LogP contribution in [0.5, 0.6) is 0 Å². The quantitative estimate of drug-likeness (QED) is 0.634. The molecule has 0 saturated carbocycles. The molecule has 106 valence electrons. The van der Waals surface area contributed by atoms with Gasteiger partial charge in [-0.1, -0.05) is 0 Å². The van der Waals surface area contributed by atoms with Gasteiger partial charge in [-0.3, -0.25) is 29.1 Å². The normalized spacial score (nSPS) is 22.2. The fourth-order valence-electron chi connectivity index (χ4n) is 2.48. The van der Waals surface area contributed by atoms with Crippen molar-refractivity contribution in [2.45, 2.75) is 12.8 Å². The number of hydrogen-bond donors (Lipinski definition) is 1. The van der Waals surface area contributed by atoms with Gasteiger partial charge in [0.2, 0.25) is 11.8 Å². The van der Waals surface area contributed by atoms with E-state index >= 15 is 0 Å². The van der Waals surface area contributed by atoms with Crippen LogP contribution >= 0.6 is 0 Å². The van der Waals surface area contributed by atoms with Crippen LogP contribution in [0.2, 0.25) is 0 Å². The molecule has 2 aliphatic rings. The van der Waals surface area contributed by atoms with Crippen molar-refractivity contribution in [2.75, 3.05) is 45.8 Å². The number of nitrogens with zero attached hydrogens (tertiary/aromatic N) is 3. The van der Waals surface area contributed by atoms with Crippen molar-refractivity contribution in [3.8, 4) is 0 Å². The Bertz CT molecular complexity index is 361. The molecule has 2 saturated heterocycles. The number of carbonyl (C=O) groups excluding carboxylic acids is 2. The van der Waals surface area contributed by atoms with Crippen LogP contribution < -0.4 is 0 Å². The zero-order chi connectivity index (χ0) is 13.8. The summed E-state index contributed by atoms with van der Waals surface area (Å²) in [5.41, 5.74) is 0. The zero-order valence-corrected chi connectivity index (χ0v) is 10.9. The molecular formula is C12H19N3O4. The summed E-state index contributed by atoms with van der Waals surface area (Å²) in [4.78, 5) is 38.9. The number of aliphatic carboxylic acids is 1. The fourth-order valence-corrected chi connectivity index (χ4v) is 2.48. The van der Waals surface area contributed by atoms with Crippen molar-refractivity contribution in [2.24, 2.45) is 0 Å². The number of carboxylic acids is 1. The molecule has 0 radical (unpaired) electrons. The van der Waals surface area contributed by atoms with E-state index in [1.165, 1.54) is 4.90 Å². The molecule has 0 aromatic carbocycles. The third-order valence-electron chi connectivity index (χ3n) is 3.62. The van der Waals surface area contributed by atoms with E-state index in [1.807, 2.05) is 4.90 Å². The monoisotopic (exact) mass is 269 g/mol. The number of rotatable bonds is 5. The maximum Gasteiger partial charge on any atom is 0.317 e. The summed E-state index contributed by atoms with van der Waals surface area (Å²) >= 11 is 0. The predicted molar refractivity (Wildman–Crippen MR) is 66.5 cm³/mol. The minimum atomic E-state index is -0.804. The maximum atomic E-state index is 11.4. The molecule has 2 amide bonds. The fraction of sp³-hybridized carbons (Fsp3) is 0.750. The predicted octanol–water partition coefficient (Wildman–Crippen LogP) is -1.16. The van der Waals surface area contributed by atoms with Crippen molar-refractivity contribution in [1.82, 2.24) is 14.7 Å². The first-order valence-electron chi connectivity index (χ1n) is 6.56. The number of carbonyl (C=O) groups is 3. The van der Waals surface area contributed by atoms with E-state index in [0.717, 1.165) is 13.1 Å². The number of likely N-dealkylation sites (tertiary alicyclic amines) is 1. The van der Waals surface area contributed by atoms with Gasteiger partial charge in [-0.05, 0) is 0 Å². The highest BCUT2D eigenvalue weighted by Gasteiger charge is 2.29. The molecule has 7 nitrogen and oxygen atoms in total. The zero-order valence-electron chi connectivity index (χ0n) is 10.9. The Morgan fingerprint density at radius 2 is 1.47 bits per heavy atom. The molecule has 2 aliphatic heterocycles. The van der Waals surface area contributed by atoms with Crippen molar-refractivity contribution < 1.29 is 19.5 Å². The van der Waals surface area contributed by atoms with Gasteiger partial charge in [-0.25, -0.2) is 0 Å². The Balaban J connectivity index is 1.70. The molecule has 2 rings (SSSR count). The van der Waals surface area contributed by atoms with Crippen LogP contribution in [0.15, 0.2) is 0 Å². The first kappa shape index (κ1) is 14.0. The summed E-state index contributed by atoms with van der Waals surface area (Å²) < 4.78 is 0. The minimum absolute atomic E-state index is 0.0745. The Labute approximate surface area is 111 Å². The lowest BCUT2D eigenvalue weighted by atomic mass is 10.3. The second kappa shape index (κ2) is 6.12. The number of amides is 2. The van der Waals surface area contributed by atoms with Gasteiger partial charge in [0.25, 0.3) is 0 Å². The van der Waals surface area contributed by atoms with Crippen LogP contribution in [0.25, 0.3) is 0 Å². The lowest BCUT2D eigenvalue weighted by Gasteiger charge is -2.34. The van der Waals surface area contributed by atoms with E-state index in [9.17, 15) is 14.4 Å². The average molecular weight is 269 g/mol. The second-order valence-corrected chi connectivity index (χ2v) is 4.95. The van der Waals surface area contributed by atoms with E-state index in [4.69, 9.17) is 5.11 Å². The first-order valence-corrected chi connectivity index (χ1v) is 6.56. The SMILES string of the molecule is O=C(O)CN1CCN(CCN2C(=O)CCC2=O)CC1. The molecule has 1 N–H and O–H groups in total. The van der Waals surface area contributed by atoms with Gasteiger partial charge in [0.15, 0.2) is 0 Å². The highest BCUT2D eigenvalue weighted by molar-refractivity contribution is 6.01. The number of piperazine rings is 1. The maximum absolute atomic E-state index is 11.4. The molecule has 0 atom stereocenters. The largest absolute Gasteiger partial charge is 0.480 e. The van der Waals surface area contributed by atoms with E-state index in [0.29, 0.717) is 39.0 Å². The third kappa shape index (κ3) is 3.74. The molecule has 0 bridgehead atoms. The smallest absolute Gasteiger partial charge is 0.317 e. The molecule has 7 heteroatoms. The topological polar surface area (TPSA) is 81.2 Å². The Hall–Kier alpha value is -1.47. The van der Waals surface area contributed by atoms with Crippen molar-refractivity contribution in [1.29, 1.82) is 0 Å². The highest BCUT2D eigenvalue weighted by Crippen LogP contribution is 2.11. The van der Waals surface area contributed by atoms with Crippen molar-refractivity contribution >= 4 is 17.8 Å². The summed E-state index contributed by atoms with van der Waals surface area (Å²) in [5, 5.41) is 8.70. The lowest BCUT2D eigenvalue weighted by Crippen LogP contribution is -2.49. The Kier molecular flexibility index (Phi) is 4.49. The van der Waals surface area contributed by atoms with Gasteiger partial charge in [0.05, 0.1) is 6.54 Å². The molecular weight excluding hydrogens is 250 g/mol. The van der Waals surface area contributed by atoms with Crippen LogP contribution in [0.4, 0.5) is 0 Å². The molecule has 0 aromatic rings. The van der Waals surface area contributed by atoms with Gasteiger partial charge in [-0.2, -0.15) is 0 Å². The summed E-state index contributed by atoms with van der Waals surface area (Å²) in [5.74, 6) is -0.953. The summed E-state index contributed by atoms with van der Waals surface area (Å²) in [6.07, 6.45) is 0.677. The van der Waals surface area contributed by atoms with Gasteiger partial charge in [-0.15, -0.1) is 0 Å². The molecule has 0 aromatic heterocycles. The van der Waals surface area contributed by atoms with Gasteiger partial charge in [0, 0.05) is 52.1 Å². The van der Waals surface area contributed by atoms with Crippen LogP contribution in [-0.4, -0.2) is 83.4 Å². The van der Waals surface area contributed by atoms with Crippen LogP contribution in [0.3, 0.4) is 0 Å². The van der Waals surface area contributed by atoms with Crippen LogP contribution in [0, 0.1) is 0 Å². The summed E-state index contributed by atoms with van der Waals surface area (Å²) in [7, 11) is 0. The number of hydrogen-bond acceptors (Lipinski definition) is 5. The summed E-state index contributed by atoms with van der Waals surface area (Å²) in [6, 6.07) is 0.